The maximum absolute atomic E-state index is 12.8. The Morgan fingerprint density at radius 3 is 2.50 bits per heavy atom. The fourth-order valence-electron chi connectivity index (χ4n) is 3.05. The lowest BCUT2D eigenvalue weighted by Gasteiger charge is -2.21. The first-order chi connectivity index (χ1) is 12.6. The van der Waals surface area contributed by atoms with Gasteiger partial charge >= 0.3 is 0 Å². The Labute approximate surface area is 151 Å². The topological polar surface area (TPSA) is 84.7 Å². The maximum Gasteiger partial charge on any atom is 0.270 e. The molecule has 1 aliphatic heterocycles. The Kier molecular flexibility index (Phi) is 5.36. The van der Waals surface area contributed by atoms with E-state index in [1.807, 2.05) is 6.92 Å². The minimum Gasteiger partial charge on any atom is -0.494 e. The van der Waals surface area contributed by atoms with Crippen LogP contribution in [0.15, 0.2) is 42.5 Å². The van der Waals surface area contributed by atoms with E-state index in [1.54, 1.807) is 30.3 Å². The molecule has 2 aromatic carbocycles. The number of nitro benzene ring substituents is 1. The van der Waals surface area contributed by atoms with Crippen LogP contribution in [0.1, 0.15) is 30.1 Å². The number of hydrogen-bond donors (Lipinski definition) is 1. The van der Waals surface area contributed by atoms with Crippen LogP contribution in [-0.4, -0.2) is 30.5 Å². The molecule has 0 aliphatic carbocycles. The fourth-order valence-corrected chi connectivity index (χ4v) is 3.05. The van der Waals surface area contributed by atoms with Crippen molar-refractivity contribution in [1.29, 1.82) is 0 Å². The van der Waals surface area contributed by atoms with Crippen molar-refractivity contribution < 1.29 is 14.5 Å². The van der Waals surface area contributed by atoms with Gasteiger partial charge in [0, 0.05) is 30.9 Å². The second-order valence-electron chi connectivity index (χ2n) is 6.06. The number of hydrogen-bond acceptors (Lipinski definition) is 5. The molecule has 1 saturated heterocycles. The average Bonchev–Trinajstić information content (AvgIpc) is 3.17. The van der Waals surface area contributed by atoms with Gasteiger partial charge in [-0.05, 0) is 50.1 Å². The molecule has 0 spiro atoms. The zero-order valence-electron chi connectivity index (χ0n) is 14.6. The van der Waals surface area contributed by atoms with Crippen molar-refractivity contribution in [3.8, 4) is 5.75 Å². The summed E-state index contributed by atoms with van der Waals surface area (Å²) in [6.07, 6.45) is 2.11. The molecule has 1 heterocycles. The highest BCUT2D eigenvalue weighted by molar-refractivity contribution is 6.08. The third-order valence-electron chi connectivity index (χ3n) is 4.31. The van der Waals surface area contributed by atoms with Crippen molar-refractivity contribution in [2.45, 2.75) is 19.8 Å². The first kappa shape index (κ1) is 17.7. The van der Waals surface area contributed by atoms with E-state index >= 15 is 0 Å². The van der Waals surface area contributed by atoms with Gasteiger partial charge in [0.2, 0.25) is 0 Å². The summed E-state index contributed by atoms with van der Waals surface area (Å²) >= 11 is 0. The highest BCUT2D eigenvalue weighted by atomic mass is 16.6. The average molecular weight is 355 g/mol. The summed E-state index contributed by atoms with van der Waals surface area (Å²) in [4.78, 5) is 25.5. The molecular formula is C19H21N3O4. The number of nitrogens with one attached hydrogen (secondary N) is 1. The Balaban J connectivity index is 1.86. The van der Waals surface area contributed by atoms with E-state index < -0.39 is 4.92 Å². The van der Waals surface area contributed by atoms with Crippen molar-refractivity contribution in [2.24, 2.45) is 0 Å². The van der Waals surface area contributed by atoms with E-state index in [0.29, 0.717) is 17.9 Å². The SMILES string of the molecule is CCOc1ccc(NC(=O)c2cc([N+](=O)[O-])ccc2N2CCCC2)cc1. The summed E-state index contributed by atoms with van der Waals surface area (Å²) in [5, 5.41) is 13.9. The molecule has 3 rings (SSSR count). The summed E-state index contributed by atoms with van der Waals surface area (Å²) < 4.78 is 5.38. The lowest BCUT2D eigenvalue weighted by molar-refractivity contribution is -0.384. The van der Waals surface area contributed by atoms with E-state index in [-0.39, 0.29) is 11.6 Å². The van der Waals surface area contributed by atoms with E-state index in [1.165, 1.54) is 12.1 Å². The van der Waals surface area contributed by atoms with Crippen molar-refractivity contribution in [1.82, 2.24) is 0 Å². The molecule has 0 saturated carbocycles. The lowest BCUT2D eigenvalue weighted by Crippen LogP contribution is -2.23. The van der Waals surface area contributed by atoms with Crippen LogP contribution >= 0.6 is 0 Å². The number of carbonyl (C=O) groups is 1. The smallest absolute Gasteiger partial charge is 0.270 e. The molecule has 1 amide bonds. The van der Waals surface area contributed by atoms with Gasteiger partial charge in [0.05, 0.1) is 22.8 Å². The van der Waals surface area contributed by atoms with Gasteiger partial charge in [-0.1, -0.05) is 0 Å². The Morgan fingerprint density at radius 1 is 1.19 bits per heavy atom. The number of nitrogens with zero attached hydrogens (tertiary/aromatic N) is 2. The van der Waals surface area contributed by atoms with Crippen LogP contribution in [0, 0.1) is 10.1 Å². The van der Waals surface area contributed by atoms with E-state index in [4.69, 9.17) is 4.74 Å². The Hall–Kier alpha value is -3.09. The number of anilines is 2. The highest BCUT2D eigenvalue weighted by Crippen LogP contribution is 2.29. The summed E-state index contributed by atoms with van der Waals surface area (Å²) in [6.45, 7) is 4.17. The van der Waals surface area contributed by atoms with Crippen LogP contribution in [-0.2, 0) is 0 Å². The van der Waals surface area contributed by atoms with Crippen LogP contribution in [0.25, 0.3) is 0 Å². The number of amides is 1. The molecule has 0 unspecified atom stereocenters. The van der Waals surface area contributed by atoms with Gasteiger partial charge in [0.15, 0.2) is 0 Å². The summed E-state index contributed by atoms with van der Waals surface area (Å²) in [5.74, 6) is 0.360. The number of non-ortho nitro benzene ring substituents is 1. The molecule has 1 N–H and O–H groups in total. The zero-order valence-corrected chi connectivity index (χ0v) is 14.6. The highest BCUT2D eigenvalue weighted by Gasteiger charge is 2.22. The second kappa shape index (κ2) is 7.86. The molecule has 7 heteroatoms. The molecule has 7 nitrogen and oxygen atoms in total. The number of benzene rings is 2. The van der Waals surface area contributed by atoms with Gasteiger partial charge in [0.25, 0.3) is 11.6 Å². The predicted molar refractivity (Wildman–Crippen MR) is 100 cm³/mol. The molecule has 136 valence electrons. The first-order valence-corrected chi connectivity index (χ1v) is 8.66. The molecule has 0 radical (unpaired) electrons. The number of ether oxygens (including phenoxy) is 1. The molecule has 2 aromatic rings. The van der Waals surface area contributed by atoms with Crippen molar-refractivity contribution in [2.75, 3.05) is 29.9 Å². The van der Waals surface area contributed by atoms with Crippen LogP contribution in [0.3, 0.4) is 0 Å². The number of carbonyl (C=O) groups excluding carboxylic acids is 1. The lowest BCUT2D eigenvalue weighted by atomic mass is 10.1. The van der Waals surface area contributed by atoms with Gasteiger partial charge in [-0.3, -0.25) is 14.9 Å². The van der Waals surface area contributed by atoms with Crippen LogP contribution in [0.5, 0.6) is 5.75 Å². The molecule has 1 fully saturated rings. The predicted octanol–water partition coefficient (Wildman–Crippen LogP) is 3.85. The zero-order chi connectivity index (χ0) is 18.5. The quantitative estimate of drug-likeness (QED) is 0.628. The van der Waals surface area contributed by atoms with E-state index in [2.05, 4.69) is 10.2 Å². The first-order valence-electron chi connectivity index (χ1n) is 8.66. The second-order valence-corrected chi connectivity index (χ2v) is 6.06. The van der Waals surface area contributed by atoms with Gasteiger partial charge in [-0.25, -0.2) is 0 Å². The number of nitro groups is 1. The maximum atomic E-state index is 12.8. The van der Waals surface area contributed by atoms with Gasteiger partial charge in [-0.15, -0.1) is 0 Å². The summed E-state index contributed by atoms with van der Waals surface area (Å²) in [6, 6.07) is 11.5. The largest absolute Gasteiger partial charge is 0.494 e. The minimum atomic E-state index is -0.485. The normalized spacial score (nSPS) is 13.5. The van der Waals surface area contributed by atoms with E-state index in [0.717, 1.165) is 37.4 Å². The molecule has 0 atom stereocenters. The summed E-state index contributed by atoms with van der Waals surface area (Å²) in [5.41, 5.74) is 1.56. The monoisotopic (exact) mass is 355 g/mol. The van der Waals surface area contributed by atoms with Crippen molar-refractivity contribution in [3.05, 3.63) is 58.1 Å². The van der Waals surface area contributed by atoms with Crippen LogP contribution in [0.2, 0.25) is 0 Å². The summed E-state index contributed by atoms with van der Waals surface area (Å²) in [7, 11) is 0. The third kappa shape index (κ3) is 3.93. The van der Waals surface area contributed by atoms with Crippen LogP contribution < -0.4 is 15.0 Å². The van der Waals surface area contributed by atoms with Gasteiger partial charge in [-0.2, -0.15) is 0 Å². The molecular weight excluding hydrogens is 334 g/mol. The molecule has 26 heavy (non-hydrogen) atoms. The van der Waals surface area contributed by atoms with E-state index in [9.17, 15) is 14.9 Å². The Bertz CT molecular complexity index is 799. The number of rotatable bonds is 6. The third-order valence-corrected chi connectivity index (χ3v) is 4.31. The fraction of sp³-hybridized carbons (Fsp3) is 0.316. The standard InChI is InChI=1S/C19H21N3O4/c1-2-26-16-8-5-14(6-9-16)20-19(23)17-13-15(22(24)25)7-10-18(17)21-11-3-4-12-21/h5-10,13H,2-4,11-12H2,1H3,(H,20,23). The molecule has 1 aliphatic rings. The van der Waals surface area contributed by atoms with Crippen LogP contribution in [0.4, 0.5) is 17.1 Å². The van der Waals surface area contributed by atoms with Crippen molar-refractivity contribution in [3.63, 3.8) is 0 Å². The van der Waals surface area contributed by atoms with Gasteiger partial charge < -0.3 is 15.0 Å². The van der Waals surface area contributed by atoms with Gasteiger partial charge in [0.1, 0.15) is 5.75 Å². The minimum absolute atomic E-state index is 0.0928. The Morgan fingerprint density at radius 2 is 1.88 bits per heavy atom. The van der Waals surface area contributed by atoms with Crippen molar-refractivity contribution >= 4 is 23.0 Å². The molecule has 0 bridgehead atoms. The molecule has 0 aromatic heterocycles.